The van der Waals surface area contributed by atoms with Crippen LogP contribution in [0.3, 0.4) is 0 Å². The summed E-state index contributed by atoms with van der Waals surface area (Å²) in [5.41, 5.74) is 0.0891. The lowest BCUT2D eigenvalue weighted by Crippen LogP contribution is -2.56. The van der Waals surface area contributed by atoms with Gasteiger partial charge in [-0.2, -0.15) is 0 Å². The van der Waals surface area contributed by atoms with Gasteiger partial charge in [-0.1, -0.05) is 54.6 Å². The van der Waals surface area contributed by atoms with Crippen LogP contribution < -0.4 is 10.6 Å². The third-order valence-electron chi connectivity index (χ3n) is 7.56. The van der Waals surface area contributed by atoms with Gasteiger partial charge in [0, 0.05) is 18.9 Å². The monoisotopic (exact) mass is 673 g/mol. The smallest absolute Gasteiger partial charge is 0.408 e. The molecule has 1 saturated carbocycles. The predicted octanol–water partition coefficient (Wildman–Crippen LogP) is 5.34. The molecule has 0 radical (unpaired) electrons. The van der Waals surface area contributed by atoms with Gasteiger partial charge in [0.15, 0.2) is 0 Å². The van der Waals surface area contributed by atoms with E-state index in [9.17, 15) is 29.4 Å². The maximum absolute atomic E-state index is 14.7. The molecule has 4 N–H and O–H groups in total. The molecule has 3 amide bonds. The Balaban J connectivity index is 1.74. The fraction of sp³-hybridized carbons (Fsp3) is 0.421. The summed E-state index contributed by atoms with van der Waals surface area (Å²) in [5.74, 6) is -1.92. The van der Waals surface area contributed by atoms with Crippen molar-refractivity contribution in [1.82, 2.24) is 15.5 Å². The number of ether oxygens (including phenoxy) is 2. The summed E-state index contributed by atoms with van der Waals surface area (Å²) >= 11 is 0. The standard InChI is InChI=1S/C38H47N3O8/c1-37(2,3)48-35(46)31(22-24-11-8-7-9-12-24)39-33(44)32(26-13-10-14-29(43)23-26)41(27-17-18-27)34(45)30(40-36(47)49-38(4,5)6)21-25-15-19-28(42)20-16-25/h7-16,19-20,23,27,30-32,42-43H,17-18,21-22H2,1-6H3,(H,39,44)(H,40,47). The van der Waals surface area contributed by atoms with Crippen LogP contribution in [-0.2, 0) is 36.7 Å². The van der Waals surface area contributed by atoms with Crippen LogP contribution in [0.5, 0.6) is 11.5 Å². The van der Waals surface area contributed by atoms with Gasteiger partial charge in [-0.05, 0) is 95.3 Å². The van der Waals surface area contributed by atoms with Crippen molar-refractivity contribution in [3.63, 3.8) is 0 Å². The van der Waals surface area contributed by atoms with Crippen molar-refractivity contribution >= 4 is 23.9 Å². The molecule has 0 heterocycles. The number of nitrogens with zero attached hydrogens (tertiary/aromatic N) is 1. The van der Waals surface area contributed by atoms with E-state index in [2.05, 4.69) is 10.6 Å². The minimum atomic E-state index is -1.28. The lowest BCUT2D eigenvalue weighted by molar-refractivity contribution is -0.159. The van der Waals surface area contributed by atoms with Gasteiger partial charge in [-0.15, -0.1) is 0 Å². The fourth-order valence-electron chi connectivity index (χ4n) is 5.37. The number of phenols is 2. The summed E-state index contributed by atoms with van der Waals surface area (Å²) < 4.78 is 11.2. The maximum atomic E-state index is 14.7. The number of aromatic hydroxyl groups is 2. The van der Waals surface area contributed by atoms with Crippen LogP contribution in [-0.4, -0.2) is 68.3 Å². The van der Waals surface area contributed by atoms with E-state index >= 15 is 0 Å². The van der Waals surface area contributed by atoms with Crippen LogP contribution in [0, 0.1) is 0 Å². The molecule has 11 heteroatoms. The van der Waals surface area contributed by atoms with Gasteiger partial charge >= 0.3 is 12.1 Å². The molecule has 3 atom stereocenters. The largest absolute Gasteiger partial charge is 0.508 e. The van der Waals surface area contributed by atoms with Crippen molar-refractivity contribution < 1.29 is 38.9 Å². The van der Waals surface area contributed by atoms with Crippen LogP contribution in [0.1, 0.15) is 77.1 Å². The number of rotatable bonds is 12. The molecule has 49 heavy (non-hydrogen) atoms. The van der Waals surface area contributed by atoms with E-state index in [1.807, 2.05) is 30.3 Å². The number of phenolic OH excluding ortho intramolecular Hbond substituents is 2. The second kappa shape index (κ2) is 15.4. The summed E-state index contributed by atoms with van der Waals surface area (Å²) in [5, 5.41) is 25.9. The average Bonchev–Trinajstić information content (AvgIpc) is 3.84. The molecule has 1 aliphatic carbocycles. The number of alkyl carbamates (subject to hydrolysis) is 1. The van der Waals surface area contributed by atoms with E-state index in [1.54, 1.807) is 65.8 Å². The molecule has 1 aliphatic rings. The Labute approximate surface area is 287 Å². The molecule has 0 aliphatic heterocycles. The SMILES string of the molecule is CC(C)(C)OC(=O)NC(Cc1ccc(O)cc1)C(=O)N(C1CC1)C(C(=O)NC(Cc1ccccc1)C(=O)OC(C)(C)C)c1cccc(O)c1. The minimum Gasteiger partial charge on any atom is -0.508 e. The first-order valence-corrected chi connectivity index (χ1v) is 16.4. The number of nitrogens with one attached hydrogen (secondary N) is 2. The number of hydrogen-bond donors (Lipinski definition) is 4. The normalized spacial score (nSPS) is 14.9. The van der Waals surface area contributed by atoms with Crippen LogP contribution in [0.4, 0.5) is 4.79 Å². The highest BCUT2D eigenvalue weighted by Crippen LogP contribution is 2.37. The van der Waals surface area contributed by atoms with Gasteiger partial charge in [0.2, 0.25) is 11.8 Å². The van der Waals surface area contributed by atoms with E-state index in [-0.39, 0.29) is 30.4 Å². The summed E-state index contributed by atoms with van der Waals surface area (Å²) in [6.07, 6.45) is 0.560. The number of esters is 1. The fourth-order valence-corrected chi connectivity index (χ4v) is 5.37. The van der Waals surface area contributed by atoms with Crippen LogP contribution in [0.25, 0.3) is 0 Å². The van der Waals surface area contributed by atoms with Gasteiger partial charge in [-0.25, -0.2) is 9.59 Å². The molecular formula is C38H47N3O8. The zero-order chi connectivity index (χ0) is 35.9. The molecule has 11 nitrogen and oxygen atoms in total. The number of carbonyl (C=O) groups is 4. The Bertz CT molecular complexity index is 1610. The topological polar surface area (TPSA) is 154 Å². The van der Waals surface area contributed by atoms with Crippen LogP contribution in [0.2, 0.25) is 0 Å². The summed E-state index contributed by atoms with van der Waals surface area (Å²) in [6, 6.07) is 17.6. The molecule has 0 bridgehead atoms. The zero-order valence-corrected chi connectivity index (χ0v) is 28.9. The minimum absolute atomic E-state index is 0.0322. The highest BCUT2D eigenvalue weighted by atomic mass is 16.6. The van der Waals surface area contributed by atoms with E-state index in [0.29, 0.717) is 24.0 Å². The first-order chi connectivity index (χ1) is 23.0. The van der Waals surface area contributed by atoms with Gasteiger partial charge in [0.25, 0.3) is 0 Å². The van der Waals surface area contributed by atoms with Crippen LogP contribution in [0.15, 0.2) is 78.9 Å². The lowest BCUT2D eigenvalue weighted by Gasteiger charge is -2.35. The third-order valence-corrected chi connectivity index (χ3v) is 7.56. The summed E-state index contributed by atoms with van der Waals surface area (Å²) in [4.78, 5) is 57.1. The second-order valence-electron chi connectivity index (χ2n) is 14.3. The zero-order valence-electron chi connectivity index (χ0n) is 28.9. The Kier molecular flexibility index (Phi) is 11.6. The molecule has 0 saturated heterocycles. The molecule has 3 aromatic carbocycles. The van der Waals surface area contributed by atoms with Gasteiger partial charge in [-0.3, -0.25) is 9.59 Å². The summed E-state index contributed by atoms with van der Waals surface area (Å²) in [6.45, 7) is 10.3. The quantitative estimate of drug-likeness (QED) is 0.188. The molecule has 3 aromatic rings. The first kappa shape index (κ1) is 36.8. The molecule has 4 rings (SSSR count). The summed E-state index contributed by atoms with van der Waals surface area (Å²) in [7, 11) is 0. The second-order valence-corrected chi connectivity index (χ2v) is 14.3. The number of carbonyl (C=O) groups excluding carboxylic acids is 4. The van der Waals surface area contributed by atoms with E-state index in [0.717, 1.165) is 5.56 Å². The molecule has 0 aromatic heterocycles. The molecule has 3 unspecified atom stereocenters. The Morgan fingerprint density at radius 1 is 0.735 bits per heavy atom. The van der Waals surface area contributed by atoms with E-state index in [4.69, 9.17) is 9.47 Å². The average molecular weight is 674 g/mol. The lowest BCUT2D eigenvalue weighted by atomic mass is 9.99. The van der Waals surface area contributed by atoms with Gasteiger partial charge in [0.1, 0.15) is 40.8 Å². The van der Waals surface area contributed by atoms with Crippen molar-refractivity contribution in [2.24, 2.45) is 0 Å². The van der Waals surface area contributed by atoms with Crippen molar-refractivity contribution in [2.45, 2.75) is 103 Å². The highest BCUT2D eigenvalue weighted by molar-refractivity contribution is 5.94. The Morgan fingerprint density at radius 2 is 1.33 bits per heavy atom. The molecule has 1 fully saturated rings. The van der Waals surface area contributed by atoms with E-state index < -0.39 is 53.2 Å². The Morgan fingerprint density at radius 3 is 1.90 bits per heavy atom. The predicted molar refractivity (Wildman–Crippen MR) is 184 cm³/mol. The highest BCUT2D eigenvalue weighted by Gasteiger charge is 2.45. The number of benzene rings is 3. The van der Waals surface area contributed by atoms with Crippen molar-refractivity contribution in [3.05, 3.63) is 95.6 Å². The van der Waals surface area contributed by atoms with E-state index in [1.165, 1.54) is 29.2 Å². The molecule has 0 spiro atoms. The van der Waals surface area contributed by atoms with Crippen molar-refractivity contribution in [3.8, 4) is 11.5 Å². The van der Waals surface area contributed by atoms with Gasteiger partial charge < -0.3 is 35.2 Å². The molecular weight excluding hydrogens is 626 g/mol. The number of hydrogen-bond acceptors (Lipinski definition) is 8. The van der Waals surface area contributed by atoms with Crippen molar-refractivity contribution in [1.29, 1.82) is 0 Å². The third kappa shape index (κ3) is 11.3. The van der Waals surface area contributed by atoms with Gasteiger partial charge in [0.05, 0.1) is 0 Å². The van der Waals surface area contributed by atoms with Crippen molar-refractivity contribution in [2.75, 3.05) is 0 Å². The van der Waals surface area contributed by atoms with Crippen LogP contribution >= 0.6 is 0 Å². The molecule has 262 valence electrons. The Hall–Kier alpha value is -5.06. The number of amides is 3. The maximum Gasteiger partial charge on any atom is 0.408 e. The first-order valence-electron chi connectivity index (χ1n) is 16.4.